The first-order chi connectivity index (χ1) is 16.2. The van der Waals surface area contributed by atoms with E-state index in [1.165, 1.54) is 43.7 Å². The van der Waals surface area contributed by atoms with Crippen LogP contribution in [0.3, 0.4) is 0 Å². The van der Waals surface area contributed by atoms with Crippen LogP contribution in [0.25, 0.3) is 0 Å². The SMILES string of the molecule is CCOc1ccc(C(=O)N/N=C/c2cc(Cl)c(OS(=O)(=O)c3ccccc3)c(Cl)c2)cc1OC. The van der Waals surface area contributed by atoms with Gasteiger partial charge in [-0.05, 0) is 55.0 Å². The van der Waals surface area contributed by atoms with Crippen molar-refractivity contribution in [1.82, 2.24) is 5.43 Å². The van der Waals surface area contributed by atoms with Crippen molar-refractivity contribution in [2.45, 2.75) is 11.8 Å². The first kappa shape index (κ1) is 25.4. The molecule has 0 spiro atoms. The molecule has 0 atom stereocenters. The maximum Gasteiger partial charge on any atom is 0.339 e. The molecule has 178 valence electrons. The third-order valence-electron chi connectivity index (χ3n) is 4.35. The maximum absolute atomic E-state index is 12.4. The number of ether oxygens (including phenoxy) is 2. The lowest BCUT2D eigenvalue weighted by atomic mass is 10.2. The highest BCUT2D eigenvalue weighted by Gasteiger charge is 2.20. The molecule has 8 nitrogen and oxygen atoms in total. The van der Waals surface area contributed by atoms with Gasteiger partial charge in [-0.15, -0.1) is 0 Å². The molecule has 0 bridgehead atoms. The first-order valence-electron chi connectivity index (χ1n) is 9.88. The van der Waals surface area contributed by atoms with E-state index in [4.69, 9.17) is 36.9 Å². The number of benzene rings is 3. The summed E-state index contributed by atoms with van der Waals surface area (Å²) in [7, 11) is -2.65. The Kier molecular flexibility index (Phi) is 8.38. The quantitative estimate of drug-likeness (QED) is 0.242. The van der Waals surface area contributed by atoms with Crippen LogP contribution in [0.15, 0.2) is 70.7 Å². The monoisotopic (exact) mass is 522 g/mol. The van der Waals surface area contributed by atoms with Crippen LogP contribution in [0, 0.1) is 0 Å². The summed E-state index contributed by atoms with van der Waals surface area (Å²) in [4.78, 5) is 12.4. The van der Waals surface area contributed by atoms with Crippen molar-refractivity contribution >= 4 is 45.4 Å². The molecule has 1 N–H and O–H groups in total. The predicted molar refractivity (Wildman–Crippen MR) is 130 cm³/mol. The number of carbonyl (C=O) groups excluding carboxylic acids is 1. The van der Waals surface area contributed by atoms with E-state index in [1.54, 1.807) is 30.3 Å². The van der Waals surface area contributed by atoms with Gasteiger partial charge in [0.25, 0.3) is 5.91 Å². The van der Waals surface area contributed by atoms with Crippen LogP contribution in [-0.2, 0) is 10.1 Å². The summed E-state index contributed by atoms with van der Waals surface area (Å²) >= 11 is 12.4. The molecule has 0 aliphatic carbocycles. The van der Waals surface area contributed by atoms with Gasteiger partial charge in [0.15, 0.2) is 17.2 Å². The molecule has 0 saturated carbocycles. The summed E-state index contributed by atoms with van der Waals surface area (Å²) < 4.78 is 40.7. The Morgan fingerprint density at radius 3 is 2.32 bits per heavy atom. The fraction of sp³-hybridized carbons (Fsp3) is 0.130. The molecule has 1 amide bonds. The van der Waals surface area contributed by atoms with Gasteiger partial charge in [0.05, 0.1) is 30.0 Å². The van der Waals surface area contributed by atoms with Gasteiger partial charge in [0.2, 0.25) is 0 Å². The standard InChI is InChI=1S/C23H20Cl2N2O6S/c1-3-32-20-10-9-16(13-21(20)31-2)23(28)27-26-14-15-11-18(24)22(19(25)12-15)33-34(29,30)17-7-5-4-6-8-17/h4-14H,3H2,1-2H3,(H,27,28)/b26-14+. The molecule has 3 aromatic carbocycles. The van der Waals surface area contributed by atoms with Crippen molar-refractivity contribution < 1.29 is 26.9 Å². The summed E-state index contributed by atoms with van der Waals surface area (Å²) in [5.74, 6) is 0.238. The minimum atomic E-state index is -4.12. The molecule has 0 radical (unpaired) electrons. The van der Waals surface area contributed by atoms with E-state index >= 15 is 0 Å². The summed E-state index contributed by atoms with van der Waals surface area (Å²) in [6, 6.07) is 15.1. The van der Waals surface area contributed by atoms with Gasteiger partial charge in [-0.3, -0.25) is 4.79 Å². The van der Waals surface area contributed by atoms with Gasteiger partial charge in [0, 0.05) is 5.56 Å². The fourth-order valence-electron chi connectivity index (χ4n) is 2.79. The number of rotatable bonds is 9. The molecule has 0 saturated heterocycles. The molecule has 0 unspecified atom stereocenters. The minimum Gasteiger partial charge on any atom is -0.493 e. The van der Waals surface area contributed by atoms with E-state index in [2.05, 4.69) is 10.5 Å². The van der Waals surface area contributed by atoms with Crippen LogP contribution in [0.2, 0.25) is 10.0 Å². The van der Waals surface area contributed by atoms with Crippen LogP contribution >= 0.6 is 23.2 Å². The van der Waals surface area contributed by atoms with Crippen LogP contribution in [0.5, 0.6) is 17.2 Å². The predicted octanol–water partition coefficient (Wildman–Crippen LogP) is 4.93. The number of methoxy groups -OCH3 is 1. The van der Waals surface area contributed by atoms with Crippen molar-refractivity contribution in [1.29, 1.82) is 0 Å². The van der Waals surface area contributed by atoms with E-state index in [1.807, 2.05) is 6.92 Å². The van der Waals surface area contributed by atoms with E-state index in [0.29, 0.717) is 29.2 Å². The zero-order chi connectivity index (χ0) is 24.7. The third-order valence-corrected chi connectivity index (χ3v) is 6.15. The van der Waals surface area contributed by atoms with E-state index in [9.17, 15) is 13.2 Å². The van der Waals surface area contributed by atoms with Crippen molar-refractivity contribution in [3.63, 3.8) is 0 Å². The number of carbonyl (C=O) groups is 1. The number of hydrogen-bond acceptors (Lipinski definition) is 7. The van der Waals surface area contributed by atoms with Crippen molar-refractivity contribution in [2.24, 2.45) is 5.10 Å². The summed E-state index contributed by atoms with van der Waals surface area (Å²) in [6.45, 7) is 2.30. The molecule has 0 fully saturated rings. The largest absolute Gasteiger partial charge is 0.493 e. The van der Waals surface area contributed by atoms with E-state index in [0.717, 1.165) is 0 Å². The molecule has 34 heavy (non-hydrogen) atoms. The molecular weight excluding hydrogens is 503 g/mol. The average molecular weight is 523 g/mol. The lowest BCUT2D eigenvalue weighted by Crippen LogP contribution is -2.17. The second-order valence-electron chi connectivity index (χ2n) is 6.66. The van der Waals surface area contributed by atoms with Gasteiger partial charge in [0.1, 0.15) is 4.90 Å². The molecule has 0 aliphatic heterocycles. The second kappa shape index (κ2) is 11.2. The Balaban J connectivity index is 1.72. The third kappa shape index (κ3) is 6.19. The minimum absolute atomic E-state index is 0.0404. The fourth-order valence-corrected chi connectivity index (χ4v) is 4.45. The molecular formula is C23H20Cl2N2O6S. The Bertz CT molecular complexity index is 1290. The van der Waals surface area contributed by atoms with Crippen molar-refractivity contribution in [2.75, 3.05) is 13.7 Å². The number of hydrazone groups is 1. The molecule has 0 aliphatic rings. The topological polar surface area (TPSA) is 103 Å². The summed E-state index contributed by atoms with van der Waals surface area (Å²) in [5, 5.41) is 3.80. The Morgan fingerprint density at radius 1 is 1.03 bits per heavy atom. The molecule has 3 aromatic rings. The highest BCUT2D eigenvalue weighted by atomic mass is 35.5. The van der Waals surface area contributed by atoms with Gasteiger partial charge in [-0.2, -0.15) is 13.5 Å². The second-order valence-corrected chi connectivity index (χ2v) is 9.02. The van der Waals surface area contributed by atoms with E-state index in [-0.39, 0.29) is 20.7 Å². The molecule has 0 aromatic heterocycles. The normalized spacial score (nSPS) is 11.3. The zero-order valence-electron chi connectivity index (χ0n) is 18.1. The smallest absolute Gasteiger partial charge is 0.339 e. The first-order valence-corrected chi connectivity index (χ1v) is 12.0. The molecule has 0 heterocycles. The maximum atomic E-state index is 12.4. The van der Waals surface area contributed by atoms with E-state index < -0.39 is 16.0 Å². The van der Waals surface area contributed by atoms with Crippen molar-refractivity contribution in [3.05, 3.63) is 81.8 Å². The van der Waals surface area contributed by atoms with Crippen LogP contribution in [0.4, 0.5) is 0 Å². The number of nitrogens with zero attached hydrogens (tertiary/aromatic N) is 1. The Labute approximate surface area is 207 Å². The van der Waals surface area contributed by atoms with Crippen molar-refractivity contribution in [3.8, 4) is 17.2 Å². The number of hydrogen-bond donors (Lipinski definition) is 1. The van der Waals surface area contributed by atoms with Crippen LogP contribution < -0.4 is 19.1 Å². The lowest BCUT2D eigenvalue weighted by molar-refractivity contribution is 0.0954. The van der Waals surface area contributed by atoms with Crippen LogP contribution in [0.1, 0.15) is 22.8 Å². The Morgan fingerprint density at radius 2 is 1.71 bits per heavy atom. The highest BCUT2D eigenvalue weighted by molar-refractivity contribution is 7.87. The highest BCUT2D eigenvalue weighted by Crippen LogP contribution is 2.36. The summed E-state index contributed by atoms with van der Waals surface area (Å²) in [6.07, 6.45) is 1.30. The molecule has 11 heteroatoms. The molecule has 3 rings (SSSR count). The average Bonchev–Trinajstić information content (AvgIpc) is 2.82. The van der Waals surface area contributed by atoms with Gasteiger partial charge in [-0.1, -0.05) is 41.4 Å². The van der Waals surface area contributed by atoms with Gasteiger partial charge in [-0.25, -0.2) is 5.43 Å². The van der Waals surface area contributed by atoms with Gasteiger partial charge < -0.3 is 13.7 Å². The number of nitrogens with one attached hydrogen (secondary N) is 1. The zero-order valence-corrected chi connectivity index (χ0v) is 20.4. The van der Waals surface area contributed by atoms with Crippen LogP contribution in [-0.4, -0.2) is 34.3 Å². The number of halogens is 2. The lowest BCUT2D eigenvalue weighted by Gasteiger charge is -2.11. The van der Waals surface area contributed by atoms with Gasteiger partial charge >= 0.3 is 10.1 Å². The Hall–Kier alpha value is -3.27. The number of amides is 1. The summed E-state index contributed by atoms with van der Waals surface area (Å²) in [5.41, 5.74) is 3.10.